The molecule has 0 bridgehead atoms. The number of amides is 3. The molecule has 4 atom stereocenters. The number of rotatable bonds is 13. The Morgan fingerprint density at radius 3 is 2.21 bits per heavy atom. The first kappa shape index (κ1) is 28.0. The third kappa shape index (κ3) is 7.54. The van der Waals surface area contributed by atoms with Gasteiger partial charge in [-0.3, -0.25) is 19.2 Å². The molecule has 0 radical (unpaired) electrons. The lowest BCUT2D eigenvalue weighted by atomic mass is 9.82. The molecule has 38 heavy (non-hydrogen) atoms. The molecule has 2 saturated carbocycles. The van der Waals surface area contributed by atoms with Gasteiger partial charge >= 0.3 is 0 Å². The largest absolute Gasteiger partial charge is 0.497 e. The lowest BCUT2D eigenvalue weighted by Gasteiger charge is -2.31. The number of methoxy groups -OCH3 is 1. The minimum Gasteiger partial charge on any atom is -0.497 e. The second kappa shape index (κ2) is 12.7. The Hall–Kier alpha value is -2.98. The van der Waals surface area contributed by atoms with Crippen LogP contribution in [0.4, 0.5) is 0 Å². The zero-order chi connectivity index (χ0) is 27.2. The van der Waals surface area contributed by atoms with E-state index in [2.05, 4.69) is 16.0 Å². The van der Waals surface area contributed by atoms with Crippen molar-refractivity contribution in [2.75, 3.05) is 13.7 Å². The van der Waals surface area contributed by atoms with Crippen molar-refractivity contribution < 1.29 is 33.8 Å². The first-order valence-electron chi connectivity index (χ1n) is 13.6. The first-order chi connectivity index (χ1) is 18.2. The summed E-state index contributed by atoms with van der Waals surface area (Å²) >= 11 is 0. The van der Waals surface area contributed by atoms with Crippen LogP contribution < -0.4 is 20.7 Å². The average Bonchev–Trinajstić information content (AvgIpc) is 3.61. The third-order valence-corrected chi connectivity index (χ3v) is 7.82. The average molecular weight is 530 g/mol. The van der Waals surface area contributed by atoms with E-state index in [9.17, 15) is 24.3 Å². The molecule has 0 spiro atoms. The van der Waals surface area contributed by atoms with Gasteiger partial charge in [-0.25, -0.2) is 0 Å². The molecule has 1 saturated heterocycles. The quantitative estimate of drug-likeness (QED) is 0.279. The number of Topliss-reactive ketones (excluding diaryl/α,β-unsaturated/α-hetero) is 1. The van der Waals surface area contributed by atoms with Crippen molar-refractivity contribution in [1.82, 2.24) is 16.0 Å². The van der Waals surface area contributed by atoms with Crippen molar-refractivity contribution >= 4 is 23.5 Å². The standard InChI is InChI=1S/C28H39N3O7/c1-16(29-27(35)19-13-20(32)14-19)26(34)31-23(12-18-7-9-21(37-2)10-8-18)28(36)30-22(25(33)24-15-38-24)11-17-5-3-4-6-17/h7-10,16-17,19-20,22-24,32H,3-6,11-15H2,1-2H3,(H,29,35)(H,30,36)(H,31,34)/t16-,19?,20?,22+,23+,24-/m1/s1. The van der Waals surface area contributed by atoms with E-state index in [1.807, 2.05) is 12.1 Å². The fourth-order valence-corrected chi connectivity index (χ4v) is 5.24. The van der Waals surface area contributed by atoms with E-state index in [0.717, 1.165) is 31.2 Å². The molecule has 4 N–H and O–H groups in total. The number of carbonyl (C=O) groups excluding carboxylic acids is 4. The Balaban J connectivity index is 1.44. The Bertz CT molecular complexity index is 998. The van der Waals surface area contributed by atoms with Gasteiger partial charge in [-0.15, -0.1) is 0 Å². The highest BCUT2D eigenvalue weighted by Gasteiger charge is 2.39. The predicted octanol–water partition coefficient (Wildman–Crippen LogP) is 1.03. The molecular weight excluding hydrogens is 490 g/mol. The second-order valence-electron chi connectivity index (χ2n) is 10.8. The van der Waals surface area contributed by atoms with Crippen molar-refractivity contribution in [1.29, 1.82) is 0 Å². The Morgan fingerprint density at radius 1 is 1.00 bits per heavy atom. The summed E-state index contributed by atoms with van der Waals surface area (Å²) in [5.41, 5.74) is 0.801. The summed E-state index contributed by atoms with van der Waals surface area (Å²) < 4.78 is 10.4. The van der Waals surface area contributed by atoms with Crippen molar-refractivity contribution in [2.45, 2.75) is 88.6 Å². The fourth-order valence-electron chi connectivity index (χ4n) is 5.24. The van der Waals surface area contributed by atoms with Crippen LogP contribution in [-0.2, 0) is 30.3 Å². The van der Waals surface area contributed by atoms with Gasteiger partial charge in [-0.2, -0.15) is 0 Å². The molecule has 3 fully saturated rings. The zero-order valence-corrected chi connectivity index (χ0v) is 22.1. The van der Waals surface area contributed by atoms with Gasteiger partial charge in [-0.1, -0.05) is 37.8 Å². The maximum atomic E-state index is 13.5. The van der Waals surface area contributed by atoms with Crippen LogP contribution in [0.15, 0.2) is 24.3 Å². The monoisotopic (exact) mass is 529 g/mol. The van der Waals surface area contributed by atoms with Crippen LogP contribution in [0.2, 0.25) is 0 Å². The number of ether oxygens (including phenoxy) is 2. The van der Waals surface area contributed by atoms with Crippen LogP contribution in [0.1, 0.15) is 57.4 Å². The fraction of sp³-hybridized carbons (Fsp3) is 0.643. The number of aliphatic hydroxyl groups excluding tert-OH is 1. The van der Waals surface area contributed by atoms with Gasteiger partial charge in [0.1, 0.15) is 23.9 Å². The SMILES string of the molecule is COc1ccc(C[C@H](NC(=O)[C@@H](C)NC(=O)C2CC(O)C2)C(=O)N[C@@H](CC2CCCC2)C(=O)[C@H]2CO2)cc1. The summed E-state index contributed by atoms with van der Waals surface area (Å²) in [6.07, 6.45) is 4.88. The molecule has 1 aliphatic heterocycles. The van der Waals surface area contributed by atoms with Crippen LogP contribution in [0.5, 0.6) is 5.75 Å². The molecule has 10 nitrogen and oxygen atoms in total. The van der Waals surface area contributed by atoms with Crippen molar-refractivity contribution in [3.63, 3.8) is 0 Å². The van der Waals surface area contributed by atoms with Crippen LogP contribution in [0, 0.1) is 11.8 Å². The van der Waals surface area contributed by atoms with Gasteiger partial charge in [0.25, 0.3) is 0 Å². The van der Waals surface area contributed by atoms with Crippen LogP contribution >= 0.6 is 0 Å². The number of hydrogen-bond donors (Lipinski definition) is 4. The van der Waals surface area contributed by atoms with E-state index in [1.165, 1.54) is 0 Å². The van der Waals surface area contributed by atoms with Crippen molar-refractivity contribution in [3.05, 3.63) is 29.8 Å². The number of carbonyl (C=O) groups is 4. The summed E-state index contributed by atoms with van der Waals surface area (Å²) in [4.78, 5) is 51.9. The number of benzene rings is 1. The zero-order valence-electron chi connectivity index (χ0n) is 22.1. The van der Waals surface area contributed by atoms with E-state index in [0.29, 0.717) is 37.5 Å². The lowest BCUT2D eigenvalue weighted by Crippen LogP contribution is -2.57. The number of aliphatic hydroxyl groups is 1. The van der Waals surface area contributed by atoms with E-state index in [-0.39, 0.29) is 24.0 Å². The molecule has 1 aromatic rings. The molecule has 10 heteroatoms. The molecule has 2 aliphatic carbocycles. The highest BCUT2D eigenvalue weighted by atomic mass is 16.6. The van der Waals surface area contributed by atoms with Gasteiger partial charge in [0.2, 0.25) is 17.7 Å². The van der Waals surface area contributed by atoms with Gasteiger partial charge in [0, 0.05) is 12.3 Å². The molecule has 0 unspecified atom stereocenters. The lowest BCUT2D eigenvalue weighted by molar-refractivity contribution is -0.136. The van der Waals surface area contributed by atoms with E-state index >= 15 is 0 Å². The summed E-state index contributed by atoms with van der Waals surface area (Å²) in [7, 11) is 1.57. The minimum absolute atomic E-state index is 0.122. The third-order valence-electron chi connectivity index (χ3n) is 7.82. The maximum absolute atomic E-state index is 13.5. The second-order valence-corrected chi connectivity index (χ2v) is 10.8. The summed E-state index contributed by atoms with van der Waals surface area (Å²) in [5, 5.41) is 17.8. The van der Waals surface area contributed by atoms with Gasteiger partial charge < -0.3 is 30.5 Å². The maximum Gasteiger partial charge on any atom is 0.243 e. The molecule has 1 aromatic carbocycles. The van der Waals surface area contributed by atoms with Gasteiger partial charge in [-0.05, 0) is 49.8 Å². The van der Waals surface area contributed by atoms with Crippen molar-refractivity contribution in [3.8, 4) is 5.75 Å². The number of ketones is 1. The molecule has 1 heterocycles. The summed E-state index contributed by atoms with van der Waals surface area (Å²) in [5.74, 6) is -0.641. The topological polar surface area (TPSA) is 146 Å². The Labute approximate surface area is 223 Å². The summed E-state index contributed by atoms with van der Waals surface area (Å²) in [6, 6.07) is 4.69. The predicted molar refractivity (Wildman–Crippen MR) is 138 cm³/mol. The molecular formula is C28H39N3O7. The van der Waals surface area contributed by atoms with Crippen LogP contribution in [-0.4, -0.2) is 72.7 Å². The smallest absolute Gasteiger partial charge is 0.243 e. The minimum atomic E-state index is -0.959. The highest BCUT2D eigenvalue weighted by molar-refractivity contribution is 5.96. The number of nitrogens with one attached hydrogen (secondary N) is 3. The van der Waals surface area contributed by atoms with Gasteiger partial charge in [0.15, 0.2) is 5.78 Å². The molecule has 3 aliphatic rings. The van der Waals surface area contributed by atoms with E-state index < -0.39 is 42.1 Å². The summed E-state index contributed by atoms with van der Waals surface area (Å²) in [6.45, 7) is 1.93. The highest BCUT2D eigenvalue weighted by Crippen LogP contribution is 2.30. The van der Waals surface area contributed by atoms with E-state index in [1.54, 1.807) is 26.2 Å². The normalized spacial score (nSPS) is 24.9. The van der Waals surface area contributed by atoms with Gasteiger partial charge in [0.05, 0.1) is 25.9 Å². The Morgan fingerprint density at radius 2 is 1.63 bits per heavy atom. The van der Waals surface area contributed by atoms with Crippen LogP contribution in [0.3, 0.4) is 0 Å². The van der Waals surface area contributed by atoms with Crippen molar-refractivity contribution in [2.24, 2.45) is 11.8 Å². The van der Waals surface area contributed by atoms with E-state index in [4.69, 9.17) is 9.47 Å². The molecule has 0 aromatic heterocycles. The first-order valence-corrected chi connectivity index (χ1v) is 13.6. The Kier molecular flexibility index (Phi) is 9.38. The molecule has 208 valence electrons. The number of epoxide rings is 1. The molecule has 4 rings (SSSR count). The van der Waals surface area contributed by atoms with Crippen LogP contribution in [0.25, 0.3) is 0 Å². The number of hydrogen-bond acceptors (Lipinski definition) is 7. The molecule has 3 amide bonds.